The molecule has 0 aliphatic carbocycles. The Hall–Kier alpha value is -1.65. The summed E-state index contributed by atoms with van der Waals surface area (Å²) in [5, 5.41) is 11.8. The first-order chi connectivity index (χ1) is 9.11. The Bertz CT molecular complexity index is 594. The van der Waals surface area contributed by atoms with Crippen molar-refractivity contribution in [2.24, 2.45) is 0 Å². The number of hydrogen-bond donors (Lipinski definition) is 2. The fourth-order valence-electron chi connectivity index (χ4n) is 1.75. The highest BCUT2D eigenvalue weighted by molar-refractivity contribution is 9.10. The molecule has 19 heavy (non-hydrogen) atoms. The SMILES string of the molecule is Cc1c(Br)cccc1C(=O)Nc1ccc(CO)cc1. The number of rotatable bonds is 3. The molecule has 1 amide bonds. The van der Waals surface area contributed by atoms with E-state index in [2.05, 4.69) is 21.2 Å². The molecule has 2 aromatic carbocycles. The van der Waals surface area contributed by atoms with Gasteiger partial charge in [0.05, 0.1) is 6.61 Å². The first kappa shape index (κ1) is 13.8. The van der Waals surface area contributed by atoms with Crippen LogP contribution in [0, 0.1) is 6.92 Å². The summed E-state index contributed by atoms with van der Waals surface area (Å²) in [5.74, 6) is -0.143. The first-order valence-electron chi connectivity index (χ1n) is 5.88. The van der Waals surface area contributed by atoms with E-state index < -0.39 is 0 Å². The van der Waals surface area contributed by atoms with E-state index in [-0.39, 0.29) is 12.5 Å². The Kier molecular flexibility index (Phi) is 4.35. The van der Waals surface area contributed by atoms with Crippen LogP contribution in [0.15, 0.2) is 46.9 Å². The van der Waals surface area contributed by atoms with Crippen molar-refractivity contribution >= 4 is 27.5 Å². The lowest BCUT2D eigenvalue weighted by Gasteiger charge is -2.09. The highest BCUT2D eigenvalue weighted by Gasteiger charge is 2.10. The number of hydrogen-bond acceptors (Lipinski definition) is 2. The van der Waals surface area contributed by atoms with Gasteiger partial charge in [0.25, 0.3) is 5.91 Å². The van der Waals surface area contributed by atoms with Crippen molar-refractivity contribution in [1.82, 2.24) is 0 Å². The molecule has 0 atom stereocenters. The fourth-order valence-corrected chi connectivity index (χ4v) is 2.11. The van der Waals surface area contributed by atoms with Gasteiger partial charge in [-0.3, -0.25) is 4.79 Å². The van der Waals surface area contributed by atoms with Crippen LogP contribution in [0.3, 0.4) is 0 Å². The molecule has 0 aliphatic heterocycles. The number of carbonyl (C=O) groups is 1. The minimum atomic E-state index is -0.143. The Morgan fingerprint density at radius 1 is 1.21 bits per heavy atom. The van der Waals surface area contributed by atoms with Crippen LogP contribution in [0.4, 0.5) is 5.69 Å². The van der Waals surface area contributed by atoms with Crippen molar-refractivity contribution in [1.29, 1.82) is 0 Å². The predicted molar refractivity (Wildman–Crippen MR) is 79.2 cm³/mol. The van der Waals surface area contributed by atoms with Gasteiger partial charge in [-0.05, 0) is 42.3 Å². The topological polar surface area (TPSA) is 49.3 Å². The van der Waals surface area contributed by atoms with Gasteiger partial charge in [0.15, 0.2) is 0 Å². The van der Waals surface area contributed by atoms with E-state index in [4.69, 9.17) is 5.11 Å². The monoisotopic (exact) mass is 319 g/mol. The van der Waals surface area contributed by atoms with Crippen molar-refractivity contribution in [2.75, 3.05) is 5.32 Å². The minimum absolute atomic E-state index is 0.00103. The molecule has 0 heterocycles. The number of amides is 1. The Labute approximate surface area is 120 Å². The zero-order valence-corrected chi connectivity index (χ0v) is 12.1. The van der Waals surface area contributed by atoms with Gasteiger partial charge in [-0.15, -0.1) is 0 Å². The summed E-state index contributed by atoms with van der Waals surface area (Å²) in [6.45, 7) is 1.90. The van der Waals surface area contributed by atoms with Crippen LogP contribution in [0.1, 0.15) is 21.5 Å². The van der Waals surface area contributed by atoms with Crippen LogP contribution in [-0.2, 0) is 6.61 Å². The quantitative estimate of drug-likeness (QED) is 0.909. The van der Waals surface area contributed by atoms with Gasteiger partial charge in [0.2, 0.25) is 0 Å². The average Bonchev–Trinajstić information content (AvgIpc) is 2.42. The number of aliphatic hydroxyl groups is 1. The fraction of sp³-hybridized carbons (Fsp3) is 0.133. The Morgan fingerprint density at radius 3 is 2.53 bits per heavy atom. The smallest absolute Gasteiger partial charge is 0.255 e. The molecule has 0 bridgehead atoms. The summed E-state index contributed by atoms with van der Waals surface area (Å²) in [6, 6.07) is 12.6. The summed E-state index contributed by atoms with van der Waals surface area (Å²) in [6.07, 6.45) is 0. The van der Waals surface area contributed by atoms with Crippen molar-refractivity contribution in [2.45, 2.75) is 13.5 Å². The molecule has 3 nitrogen and oxygen atoms in total. The highest BCUT2D eigenvalue weighted by Crippen LogP contribution is 2.20. The average molecular weight is 320 g/mol. The van der Waals surface area contributed by atoms with Crippen molar-refractivity contribution < 1.29 is 9.90 Å². The number of aliphatic hydroxyl groups excluding tert-OH is 1. The van der Waals surface area contributed by atoms with Crippen LogP contribution in [0.25, 0.3) is 0 Å². The second-order valence-corrected chi connectivity index (χ2v) is 5.08. The normalized spacial score (nSPS) is 10.3. The lowest BCUT2D eigenvalue weighted by Crippen LogP contribution is -2.13. The number of nitrogens with one attached hydrogen (secondary N) is 1. The van der Waals surface area contributed by atoms with Gasteiger partial charge in [-0.1, -0.05) is 34.1 Å². The van der Waals surface area contributed by atoms with Crippen molar-refractivity contribution in [3.8, 4) is 0 Å². The summed E-state index contributed by atoms with van der Waals surface area (Å²) in [7, 11) is 0. The van der Waals surface area contributed by atoms with Gasteiger partial charge in [0.1, 0.15) is 0 Å². The molecule has 0 saturated carbocycles. The molecular weight excluding hydrogens is 306 g/mol. The molecule has 0 saturated heterocycles. The molecule has 98 valence electrons. The second kappa shape index (κ2) is 5.99. The van der Waals surface area contributed by atoms with E-state index in [0.717, 1.165) is 15.6 Å². The number of carbonyl (C=O) groups excluding carboxylic acids is 1. The Morgan fingerprint density at radius 2 is 1.89 bits per heavy atom. The van der Waals surface area contributed by atoms with E-state index in [1.807, 2.05) is 19.1 Å². The molecule has 0 unspecified atom stereocenters. The van der Waals surface area contributed by atoms with E-state index in [1.54, 1.807) is 30.3 Å². The number of halogens is 1. The second-order valence-electron chi connectivity index (χ2n) is 4.22. The summed E-state index contributed by atoms with van der Waals surface area (Å²) in [5.41, 5.74) is 3.07. The zero-order valence-electron chi connectivity index (χ0n) is 10.5. The van der Waals surface area contributed by atoms with Gasteiger partial charge in [-0.25, -0.2) is 0 Å². The van der Waals surface area contributed by atoms with Crippen LogP contribution in [0.5, 0.6) is 0 Å². The third-order valence-corrected chi connectivity index (χ3v) is 3.77. The van der Waals surface area contributed by atoms with E-state index in [1.165, 1.54) is 0 Å². The lowest BCUT2D eigenvalue weighted by molar-refractivity contribution is 0.102. The maximum absolute atomic E-state index is 12.2. The molecule has 2 N–H and O–H groups in total. The maximum Gasteiger partial charge on any atom is 0.255 e. The molecule has 0 fully saturated rings. The first-order valence-corrected chi connectivity index (χ1v) is 6.67. The van der Waals surface area contributed by atoms with E-state index >= 15 is 0 Å². The zero-order chi connectivity index (χ0) is 13.8. The standard InChI is InChI=1S/C15H14BrNO2/c1-10-13(3-2-4-14(10)16)15(19)17-12-7-5-11(9-18)6-8-12/h2-8,18H,9H2,1H3,(H,17,19). The molecule has 0 aromatic heterocycles. The van der Waals surface area contributed by atoms with Crippen LogP contribution < -0.4 is 5.32 Å². The number of benzene rings is 2. The largest absolute Gasteiger partial charge is 0.392 e. The molecule has 0 spiro atoms. The molecule has 0 radical (unpaired) electrons. The summed E-state index contributed by atoms with van der Waals surface area (Å²) in [4.78, 5) is 12.2. The minimum Gasteiger partial charge on any atom is -0.392 e. The third kappa shape index (κ3) is 3.22. The van der Waals surface area contributed by atoms with Crippen LogP contribution in [-0.4, -0.2) is 11.0 Å². The molecule has 4 heteroatoms. The van der Waals surface area contributed by atoms with Gasteiger partial charge < -0.3 is 10.4 Å². The van der Waals surface area contributed by atoms with Crippen LogP contribution in [0.2, 0.25) is 0 Å². The molecule has 2 aromatic rings. The van der Waals surface area contributed by atoms with Crippen molar-refractivity contribution in [3.05, 3.63) is 63.6 Å². The molecule has 2 rings (SSSR count). The van der Waals surface area contributed by atoms with Gasteiger partial charge in [-0.2, -0.15) is 0 Å². The number of anilines is 1. The van der Waals surface area contributed by atoms with Crippen LogP contribution >= 0.6 is 15.9 Å². The Balaban J connectivity index is 2.18. The molecular formula is C15H14BrNO2. The summed E-state index contributed by atoms with van der Waals surface area (Å²) >= 11 is 3.41. The summed E-state index contributed by atoms with van der Waals surface area (Å²) < 4.78 is 0.913. The predicted octanol–water partition coefficient (Wildman–Crippen LogP) is 3.50. The highest BCUT2D eigenvalue weighted by atomic mass is 79.9. The van der Waals surface area contributed by atoms with Gasteiger partial charge in [0, 0.05) is 15.7 Å². The third-order valence-electron chi connectivity index (χ3n) is 2.91. The molecule has 0 aliphatic rings. The van der Waals surface area contributed by atoms with Crippen molar-refractivity contribution in [3.63, 3.8) is 0 Å². The van der Waals surface area contributed by atoms with E-state index in [0.29, 0.717) is 11.3 Å². The lowest BCUT2D eigenvalue weighted by atomic mass is 10.1. The van der Waals surface area contributed by atoms with Gasteiger partial charge >= 0.3 is 0 Å². The van der Waals surface area contributed by atoms with E-state index in [9.17, 15) is 4.79 Å². The maximum atomic E-state index is 12.2.